The summed E-state index contributed by atoms with van der Waals surface area (Å²) in [6.45, 7) is 11.1. The molecule has 2 saturated carbocycles. The topological polar surface area (TPSA) is 195 Å². The zero-order chi connectivity index (χ0) is 55.1. The Labute approximate surface area is 452 Å². The van der Waals surface area contributed by atoms with Crippen LogP contribution in [0.15, 0.2) is 102 Å². The van der Waals surface area contributed by atoms with E-state index in [2.05, 4.69) is 72.8 Å². The number of benzene rings is 4. The number of nitro benzene ring substituents is 1. The predicted molar refractivity (Wildman–Crippen MR) is 291 cm³/mol. The van der Waals surface area contributed by atoms with Crippen LogP contribution in [0.2, 0.25) is 0 Å². The van der Waals surface area contributed by atoms with Gasteiger partial charge in [0.2, 0.25) is 0 Å². The summed E-state index contributed by atoms with van der Waals surface area (Å²) in [6.07, 6.45) is 6.50. The highest BCUT2D eigenvalue weighted by atomic mass is 32.2. The number of piperazine rings is 1. The third-order valence-electron chi connectivity index (χ3n) is 16.8. The van der Waals surface area contributed by atoms with Crippen molar-refractivity contribution in [3.05, 3.63) is 141 Å². The minimum Gasteiger partial charge on any atom is -0.496 e. The van der Waals surface area contributed by atoms with Gasteiger partial charge in [-0.1, -0.05) is 44.2 Å². The molecule has 1 atom stereocenters. The van der Waals surface area contributed by atoms with Crippen LogP contribution in [0.4, 0.5) is 30.2 Å². The van der Waals surface area contributed by atoms with E-state index >= 15 is 0 Å². The average Bonchev–Trinajstić information content (AvgIpc) is 3.96. The lowest BCUT2D eigenvalue weighted by Gasteiger charge is -2.58. The Morgan fingerprint density at radius 1 is 0.949 bits per heavy atom. The second-order valence-electron chi connectivity index (χ2n) is 22.4. The van der Waals surface area contributed by atoms with Gasteiger partial charge in [-0.3, -0.25) is 24.7 Å². The molecular formula is C58H67F3N8O8S. The molecule has 1 spiro atoms. The first-order valence-corrected chi connectivity index (χ1v) is 28.3. The third-order valence-corrected chi connectivity index (χ3v) is 18.1. The Hall–Kier alpha value is -6.74. The van der Waals surface area contributed by atoms with Crippen LogP contribution in [0, 0.1) is 27.3 Å². The predicted octanol–water partition coefficient (Wildman–Crippen LogP) is 11.3. The highest BCUT2D eigenvalue weighted by molar-refractivity contribution is 7.90. The van der Waals surface area contributed by atoms with Crippen molar-refractivity contribution < 1.29 is 45.9 Å². The van der Waals surface area contributed by atoms with E-state index in [1.54, 1.807) is 31.2 Å². The molecule has 2 aliphatic carbocycles. The molecule has 0 bridgehead atoms. The summed E-state index contributed by atoms with van der Waals surface area (Å²) in [7, 11) is -3.25. The number of amides is 1. The number of pyridine rings is 1. The molecule has 20 heteroatoms. The van der Waals surface area contributed by atoms with Crippen LogP contribution in [0.1, 0.15) is 123 Å². The van der Waals surface area contributed by atoms with E-state index in [4.69, 9.17) is 9.47 Å². The van der Waals surface area contributed by atoms with Crippen molar-refractivity contribution in [2.24, 2.45) is 11.3 Å². The number of aromatic nitrogens is 2. The Morgan fingerprint density at radius 2 is 1.71 bits per heavy atom. The van der Waals surface area contributed by atoms with Crippen molar-refractivity contribution in [3.63, 3.8) is 0 Å². The number of nitrogens with zero attached hydrogens (tertiary/aromatic N) is 5. The van der Waals surface area contributed by atoms with Crippen molar-refractivity contribution in [3.8, 4) is 17.2 Å². The number of H-pyrrole nitrogens is 1. The monoisotopic (exact) mass is 1090 g/mol. The number of carbonyl (C=O) groups is 1. The van der Waals surface area contributed by atoms with Gasteiger partial charge in [-0.05, 0) is 135 Å². The quantitative estimate of drug-likeness (QED) is 0.0498. The number of rotatable bonds is 17. The maximum Gasteiger partial charge on any atom is 0.293 e. The number of sulfonamides is 1. The van der Waals surface area contributed by atoms with Crippen molar-refractivity contribution >= 4 is 44.0 Å². The number of piperidine rings is 1. The molecular weight excluding hydrogens is 1030 g/mol. The molecule has 4 aromatic carbocycles. The number of alkyl halides is 2. The van der Waals surface area contributed by atoms with Crippen LogP contribution in [0.5, 0.6) is 17.2 Å². The smallest absolute Gasteiger partial charge is 0.293 e. The minimum atomic E-state index is -4.67. The van der Waals surface area contributed by atoms with Crippen LogP contribution in [0.25, 0.3) is 11.0 Å². The number of fused-ring (bicyclic) bond motifs is 1. The Balaban J connectivity index is 0.837. The number of carbonyl (C=O) groups excluding carboxylic acids is 1. The molecule has 6 aromatic rings. The summed E-state index contributed by atoms with van der Waals surface area (Å²) in [5, 5.41) is 25.8. The van der Waals surface area contributed by atoms with Gasteiger partial charge in [0.1, 0.15) is 34.4 Å². The number of halogens is 3. The van der Waals surface area contributed by atoms with Crippen LogP contribution >= 0.6 is 0 Å². The average molecular weight is 1090 g/mol. The van der Waals surface area contributed by atoms with E-state index in [-0.39, 0.29) is 62.5 Å². The third kappa shape index (κ3) is 11.7. The number of anilines is 2. The molecule has 2 aromatic heterocycles. The lowest BCUT2D eigenvalue weighted by Crippen LogP contribution is -2.60. The van der Waals surface area contributed by atoms with E-state index in [0.717, 1.165) is 75.5 Å². The zero-order valence-electron chi connectivity index (χ0n) is 44.3. The first-order chi connectivity index (χ1) is 37.3. The second kappa shape index (κ2) is 22.2. The van der Waals surface area contributed by atoms with Gasteiger partial charge >= 0.3 is 0 Å². The molecule has 1 amide bonds. The van der Waals surface area contributed by atoms with Crippen LogP contribution in [-0.4, -0.2) is 102 Å². The second-order valence-corrected chi connectivity index (χ2v) is 24.1. The molecule has 4 fully saturated rings. The van der Waals surface area contributed by atoms with Gasteiger partial charge in [0.15, 0.2) is 0 Å². The normalized spacial score (nSPS) is 21.2. The Morgan fingerprint density at radius 3 is 2.42 bits per heavy atom. The van der Waals surface area contributed by atoms with Crippen molar-refractivity contribution in [2.75, 3.05) is 56.6 Å². The number of hydrogen-bond acceptors (Lipinski definition) is 13. The molecule has 16 nitrogen and oxygen atoms in total. The van der Waals surface area contributed by atoms with Crippen LogP contribution in [0.3, 0.4) is 0 Å². The molecule has 10 rings (SSSR count). The van der Waals surface area contributed by atoms with Gasteiger partial charge in [0.05, 0.1) is 45.2 Å². The molecule has 2 saturated heterocycles. The summed E-state index contributed by atoms with van der Waals surface area (Å²) in [4.78, 5) is 39.5. The number of methoxy groups -OCH3 is 1. The fourth-order valence-electron chi connectivity index (χ4n) is 12.3. The summed E-state index contributed by atoms with van der Waals surface area (Å²) in [5.74, 6) is -0.826. The first kappa shape index (κ1) is 54.6. The molecule has 4 aliphatic rings. The molecule has 2 aliphatic heterocycles. The Bertz CT molecular complexity index is 3290. The molecule has 4 heterocycles. The van der Waals surface area contributed by atoms with E-state index in [1.807, 2.05) is 0 Å². The fraction of sp³-hybridized carbons (Fsp3) is 0.448. The van der Waals surface area contributed by atoms with Gasteiger partial charge < -0.3 is 29.8 Å². The number of nitrogens with one attached hydrogen (secondary N) is 3. The van der Waals surface area contributed by atoms with Crippen LogP contribution < -0.4 is 24.4 Å². The van der Waals surface area contributed by atoms with E-state index in [1.165, 1.54) is 61.0 Å². The van der Waals surface area contributed by atoms with Crippen molar-refractivity contribution in [2.45, 2.75) is 114 Å². The standard InChI is InChI=1S/C58H67F3N8O8S/c1-36(2)43-7-5-6-8-44(43)51-35-66(34-38-9-12-45(54(60)61)52(25-38)76-4)23-24-68(51)40-29-58(30-40)19-21-67(22-20-58)39-10-13-46(53(26-39)77-41-27-47-48(59)33-64-55(47)63-32-41)56(70)65-78(74,75)42-11-14-49(50(28-42)69(72)73)62-31-37-15-17-57(3,71)18-16-37/h5-14,25-28,32-33,36-37,40,51,54,62,71H,15-24,29-31,34-35H2,1-4H3,(H,63,64)(H,65,70)/t37-,51-,57-/m0/s1. The molecule has 0 radical (unpaired) electrons. The number of hydrogen-bond donors (Lipinski definition) is 4. The molecule has 414 valence electrons. The Kier molecular flexibility index (Phi) is 15.5. The number of ether oxygens (including phenoxy) is 2. The summed E-state index contributed by atoms with van der Waals surface area (Å²) in [6, 6.07) is 23.9. The highest BCUT2D eigenvalue weighted by Gasteiger charge is 2.50. The van der Waals surface area contributed by atoms with Gasteiger partial charge in [0.25, 0.3) is 28.0 Å². The van der Waals surface area contributed by atoms with Gasteiger partial charge in [-0.15, -0.1) is 0 Å². The summed E-state index contributed by atoms with van der Waals surface area (Å²) >= 11 is 0. The van der Waals surface area contributed by atoms with E-state index in [0.29, 0.717) is 51.0 Å². The molecule has 0 unspecified atom stereocenters. The van der Waals surface area contributed by atoms with Crippen LogP contribution in [-0.2, 0) is 16.6 Å². The number of aliphatic hydroxyl groups is 1. The molecule has 78 heavy (non-hydrogen) atoms. The fourth-order valence-corrected chi connectivity index (χ4v) is 13.2. The maximum absolute atomic E-state index is 14.7. The highest BCUT2D eigenvalue weighted by Crippen LogP contribution is 2.53. The first-order valence-electron chi connectivity index (χ1n) is 26.8. The van der Waals surface area contributed by atoms with Gasteiger partial charge in [0, 0.05) is 81.9 Å². The SMILES string of the molecule is COc1cc(CN2CCN(C3CC4(CCN(c5ccc(C(=O)NS(=O)(=O)c6ccc(NC[C@H]7CC[C@](C)(O)CC7)c([N+](=O)[O-])c6)c(Oc6cnc7[nH]cc(F)c7c6)c5)CC4)C3)[C@H](c3ccccc3C(C)C)C2)ccc1C(F)F. The van der Waals surface area contributed by atoms with Gasteiger partial charge in [-0.2, -0.15) is 0 Å². The lowest BCUT2D eigenvalue weighted by molar-refractivity contribution is -0.384. The maximum atomic E-state index is 14.7. The summed E-state index contributed by atoms with van der Waals surface area (Å²) in [5.41, 5.74) is 3.35. The number of aromatic amines is 1. The molecule has 4 N–H and O–H groups in total. The zero-order valence-corrected chi connectivity index (χ0v) is 45.1. The number of nitro groups is 1. The van der Waals surface area contributed by atoms with Gasteiger partial charge in [-0.25, -0.2) is 31.3 Å². The summed E-state index contributed by atoms with van der Waals surface area (Å²) < 4.78 is 83.6. The van der Waals surface area contributed by atoms with E-state index in [9.17, 15) is 41.6 Å². The van der Waals surface area contributed by atoms with Crippen molar-refractivity contribution in [1.82, 2.24) is 24.5 Å². The van der Waals surface area contributed by atoms with Crippen molar-refractivity contribution in [1.29, 1.82) is 0 Å². The minimum absolute atomic E-state index is 0.00721. The van der Waals surface area contributed by atoms with E-state index < -0.39 is 49.3 Å². The largest absolute Gasteiger partial charge is 0.496 e. The lowest BCUT2D eigenvalue weighted by atomic mass is 9.59.